The van der Waals surface area contributed by atoms with Crippen LogP contribution in [-0.2, 0) is 11.2 Å². The van der Waals surface area contributed by atoms with Gasteiger partial charge in [-0.15, -0.1) is 0 Å². The van der Waals surface area contributed by atoms with Gasteiger partial charge in [-0.25, -0.2) is 19.9 Å². The summed E-state index contributed by atoms with van der Waals surface area (Å²) in [6, 6.07) is 10.4. The van der Waals surface area contributed by atoms with Gasteiger partial charge in [-0.1, -0.05) is 29.8 Å². The molecule has 0 saturated heterocycles. The number of carboxylic acid groups (broad SMARTS) is 1. The van der Waals surface area contributed by atoms with Crippen LogP contribution < -0.4 is 0 Å². The molecule has 2 unspecified atom stereocenters. The summed E-state index contributed by atoms with van der Waals surface area (Å²) < 4.78 is 0. The first-order valence-corrected chi connectivity index (χ1v) is 12.0. The predicted octanol–water partition coefficient (Wildman–Crippen LogP) is 5.07. The minimum atomic E-state index is -0.652. The lowest BCUT2D eigenvalue weighted by Gasteiger charge is -2.46. The number of H-pyrrole nitrogens is 1. The molecule has 2 atom stereocenters. The Labute approximate surface area is 197 Å². The van der Waals surface area contributed by atoms with E-state index >= 15 is 0 Å². The van der Waals surface area contributed by atoms with Crippen molar-refractivity contribution in [1.29, 1.82) is 0 Å². The molecule has 4 aromatic rings. The van der Waals surface area contributed by atoms with Crippen molar-refractivity contribution in [2.75, 3.05) is 0 Å². The highest BCUT2D eigenvalue weighted by Crippen LogP contribution is 2.50. The average molecular weight is 454 g/mol. The molecule has 3 heterocycles. The molecule has 3 aliphatic rings. The van der Waals surface area contributed by atoms with Crippen LogP contribution in [0.3, 0.4) is 0 Å². The third kappa shape index (κ3) is 3.65. The summed E-state index contributed by atoms with van der Waals surface area (Å²) in [6.45, 7) is 2.07. The maximum atomic E-state index is 12.2. The molecule has 34 heavy (non-hydrogen) atoms. The van der Waals surface area contributed by atoms with Crippen LogP contribution in [-0.4, -0.2) is 36.0 Å². The number of benzene rings is 1. The Morgan fingerprint density at radius 2 is 1.85 bits per heavy atom. The van der Waals surface area contributed by atoms with Gasteiger partial charge in [0.05, 0.1) is 11.6 Å². The molecule has 0 spiro atoms. The van der Waals surface area contributed by atoms with Gasteiger partial charge >= 0.3 is 5.97 Å². The quantitative estimate of drug-likeness (QED) is 0.437. The van der Waals surface area contributed by atoms with Crippen LogP contribution in [0.2, 0.25) is 0 Å². The Hall–Kier alpha value is -3.61. The van der Waals surface area contributed by atoms with Crippen LogP contribution in [0, 0.1) is 30.6 Å². The van der Waals surface area contributed by atoms with Crippen LogP contribution in [0.15, 0.2) is 49.1 Å². The first-order chi connectivity index (χ1) is 16.6. The number of aromatic nitrogens is 5. The number of nitrogens with zero attached hydrogens (tertiary/aromatic N) is 4. The number of carboxylic acids is 1. The van der Waals surface area contributed by atoms with Crippen molar-refractivity contribution in [3.05, 3.63) is 60.3 Å². The van der Waals surface area contributed by atoms with Crippen LogP contribution in [0.5, 0.6) is 0 Å². The summed E-state index contributed by atoms with van der Waals surface area (Å²) in [7, 11) is 0. The number of rotatable bonds is 5. The molecule has 7 nitrogen and oxygen atoms in total. The topological polar surface area (TPSA) is 105 Å². The first-order valence-electron chi connectivity index (χ1n) is 12.0. The van der Waals surface area contributed by atoms with Crippen molar-refractivity contribution in [2.45, 2.75) is 39.0 Å². The van der Waals surface area contributed by atoms with Gasteiger partial charge in [-0.2, -0.15) is 0 Å². The van der Waals surface area contributed by atoms with E-state index in [9.17, 15) is 9.90 Å². The van der Waals surface area contributed by atoms with E-state index in [1.807, 2.05) is 12.3 Å². The normalized spacial score (nSPS) is 23.9. The van der Waals surface area contributed by atoms with Gasteiger partial charge in [0.25, 0.3) is 0 Å². The molecule has 0 radical (unpaired) electrons. The number of hydrogen-bond acceptors (Lipinski definition) is 5. The zero-order valence-corrected chi connectivity index (χ0v) is 19.1. The molecule has 3 aliphatic carbocycles. The smallest absolute Gasteiger partial charge is 0.307 e. The van der Waals surface area contributed by atoms with E-state index in [2.05, 4.69) is 46.1 Å². The Bertz CT molecular complexity index is 1360. The number of fused-ring (bicyclic) bond motifs is 4. The number of nitrogens with one attached hydrogen (secondary N) is 1. The number of hydrogen-bond donors (Lipinski definition) is 2. The SMILES string of the molecule is Cc1ccc(-c2cc(CC3C4CCC(CC4)C3C(=O)O)nc(-c3c[nH]c4ncncc34)n2)cc1. The van der Waals surface area contributed by atoms with Crippen molar-refractivity contribution in [3.63, 3.8) is 0 Å². The van der Waals surface area contributed by atoms with Crippen molar-refractivity contribution in [1.82, 2.24) is 24.9 Å². The van der Waals surface area contributed by atoms with Gasteiger partial charge in [0, 0.05) is 34.6 Å². The van der Waals surface area contributed by atoms with E-state index in [-0.39, 0.29) is 17.8 Å². The van der Waals surface area contributed by atoms with Crippen LogP contribution >= 0.6 is 0 Å². The molecule has 1 aromatic carbocycles. The van der Waals surface area contributed by atoms with Gasteiger partial charge in [0.1, 0.15) is 12.0 Å². The van der Waals surface area contributed by atoms with Crippen molar-refractivity contribution >= 4 is 17.0 Å². The van der Waals surface area contributed by atoms with E-state index in [0.717, 1.165) is 59.2 Å². The molecule has 2 N–H and O–H groups in total. The molecular weight excluding hydrogens is 426 g/mol. The Balaban J connectivity index is 1.45. The summed E-state index contributed by atoms with van der Waals surface area (Å²) in [5.74, 6) is 0.535. The highest BCUT2D eigenvalue weighted by atomic mass is 16.4. The van der Waals surface area contributed by atoms with Gasteiger partial charge < -0.3 is 10.1 Å². The van der Waals surface area contributed by atoms with E-state index < -0.39 is 5.97 Å². The second kappa shape index (κ2) is 8.31. The summed E-state index contributed by atoms with van der Waals surface area (Å²) in [6.07, 6.45) is 10.2. The molecule has 7 heteroatoms. The lowest BCUT2D eigenvalue weighted by atomic mass is 9.57. The Morgan fingerprint density at radius 1 is 1.09 bits per heavy atom. The molecule has 172 valence electrons. The van der Waals surface area contributed by atoms with Crippen LogP contribution in [0.25, 0.3) is 33.7 Å². The Morgan fingerprint density at radius 3 is 2.62 bits per heavy atom. The third-order valence-electron chi connectivity index (χ3n) is 7.84. The van der Waals surface area contributed by atoms with Crippen molar-refractivity contribution in [2.24, 2.45) is 23.7 Å². The van der Waals surface area contributed by atoms with Gasteiger partial charge in [-0.3, -0.25) is 4.79 Å². The van der Waals surface area contributed by atoms with Crippen LogP contribution in [0.1, 0.15) is 36.9 Å². The largest absolute Gasteiger partial charge is 0.481 e. The lowest BCUT2D eigenvalue weighted by Crippen LogP contribution is -2.45. The standard InChI is InChI=1S/C27H27N5O2/c1-15-2-4-17(5-3-15)23-11-19(10-20-16-6-8-18(9-7-16)24(20)27(33)34)31-26(32-23)22-13-29-25-21(22)12-28-14-30-25/h2-5,11-14,16,18,20,24H,6-10H2,1H3,(H,33,34)(H,28,29,30). The number of carbonyl (C=O) groups is 1. The van der Waals surface area contributed by atoms with Crippen LogP contribution in [0.4, 0.5) is 0 Å². The lowest BCUT2D eigenvalue weighted by molar-refractivity contribution is -0.152. The van der Waals surface area contributed by atoms with Gasteiger partial charge in [0.2, 0.25) is 0 Å². The van der Waals surface area contributed by atoms with Gasteiger partial charge in [0.15, 0.2) is 5.82 Å². The van der Waals surface area contributed by atoms with E-state index in [1.54, 1.807) is 6.20 Å². The van der Waals surface area contributed by atoms with E-state index in [1.165, 1.54) is 11.9 Å². The summed E-state index contributed by atoms with van der Waals surface area (Å²) in [5, 5.41) is 10.9. The fourth-order valence-corrected chi connectivity index (χ4v) is 6.13. The third-order valence-corrected chi connectivity index (χ3v) is 7.84. The molecule has 3 aromatic heterocycles. The van der Waals surface area contributed by atoms with Crippen molar-refractivity contribution in [3.8, 4) is 22.6 Å². The van der Waals surface area contributed by atoms with E-state index in [4.69, 9.17) is 9.97 Å². The summed E-state index contributed by atoms with van der Waals surface area (Å²) in [4.78, 5) is 33.8. The number of aryl methyl sites for hydroxylation is 1. The second-order valence-electron chi connectivity index (χ2n) is 9.83. The summed E-state index contributed by atoms with van der Waals surface area (Å²) >= 11 is 0. The minimum absolute atomic E-state index is 0.116. The molecule has 7 rings (SSSR count). The molecule has 0 aliphatic heterocycles. The maximum absolute atomic E-state index is 12.2. The fourth-order valence-electron chi connectivity index (χ4n) is 6.13. The molecule has 2 bridgehead atoms. The molecule has 3 fully saturated rings. The second-order valence-corrected chi connectivity index (χ2v) is 9.83. The minimum Gasteiger partial charge on any atom is -0.481 e. The van der Waals surface area contributed by atoms with Crippen molar-refractivity contribution < 1.29 is 9.90 Å². The van der Waals surface area contributed by atoms with Gasteiger partial charge in [-0.05, 0) is 62.8 Å². The number of aromatic amines is 1. The highest BCUT2D eigenvalue weighted by molar-refractivity contribution is 5.91. The maximum Gasteiger partial charge on any atom is 0.307 e. The molecule has 0 amide bonds. The monoisotopic (exact) mass is 453 g/mol. The number of aliphatic carboxylic acids is 1. The zero-order valence-electron chi connectivity index (χ0n) is 19.1. The fraction of sp³-hybridized carbons (Fsp3) is 0.370. The highest BCUT2D eigenvalue weighted by Gasteiger charge is 2.47. The molecular formula is C27H27N5O2. The predicted molar refractivity (Wildman–Crippen MR) is 129 cm³/mol. The average Bonchev–Trinajstić information content (AvgIpc) is 3.29. The van der Waals surface area contributed by atoms with E-state index in [0.29, 0.717) is 18.2 Å². The first kappa shape index (κ1) is 21.0. The molecule has 3 saturated carbocycles. The summed E-state index contributed by atoms with van der Waals surface area (Å²) in [5.41, 5.74) is 5.55. The zero-order chi connectivity index (χ0) is 23.2. The Kier molecular flexibility index (Phi) is 5.12.